The van der Waals surface area contributed by atoms with E-state index < -0.39 is 0 Å². The highest BCUT2D eigenvalue weighted by Gasteiger charge is 2.24. The number of ether oxygens (including phenoxy) is 1. The monoisotopic (exact) mass is 516 g/mol. The van der Waals surface area contributed by atoms with Gasteiger partial charge in [0.1, 0.15) is 5.75 Å². The molecule has 0 heterocycles. The van der Waals surface area contributed by atoms with Crippen molar-refractivity contribution >= 4 is 5.97 Å². The Morgan fingerprint density at radius 3 is 2.16 bits per heavy atom. The maximum atomic E-state index is 12.4. The zero-order valence-electron chi connectivity index (χ0n) is 24.7. The first kappa shape index (κ1) is 30.2. The molecule has 0 unspecified atom stereocenters. The Labute approximate surface area is 233 Å². The normalized spacial score (nSPS) is 17.4. The van der Waals surface area contributed by atoms with Crippen molar-refractivity contribution in [2.75, 3.05) is 0 Å². The molecule has 1 saturated carbocycles. The predicted molar refractivity (Wildman–Crippen MR) is 163 cm³/mol. The number of hydrogen-bond donors (Lipinski definition) is 0. The minimum absolute atomic E-state index is 0.343. The number of rotatable bonds is 15. The molecule has 0 aliphatic heterocycles. The molecule has 2 heteroatoms. The molecule has 0 aromatic heterocycles. The Morgan fingerprint density at radius 1 is 0.816 bits per heavy atom. The summed E-state index contributed by atoms with van der Waals surface area (Å²) in [6.45, 7) is 12.3. The second-order valence-corrected chi connectivity index (χ2v) is 11.6. The van der Waals surface area contributed by atoms with Crippen LogP contribution >= 0.6 is 0 Å². The van der Waals surface area contributed by atoms with Gasteiger partial charge in [0.25, 0.3) is 0 Å². The van der Waals surface area contributed by atoms with Crippen LogP contribution in [0.2, 0.25) is 0 Å². The molecule has 1 fully saturated rings. The number of carbonyl (C=O) groups excluding carboxylic acids is 1. The third-order valence-electron chi connectivity index (χ3n) is 8.53. The molecule has 0 atom stereocenters. The molecule has 38 heavy (non-hydrogen) atoms. The third kappa shape index (κ3) is 8.85. The zero-order valence-corrected chi connectivity index (χ0v) is 24.7. The van der Waals surface area contributed by atoms with Gasteiger partial charge in [-0.15, -0.1) is 0 Å². The number of unbranched alkanes of at least 4 members (excludes halogenated alkanes) is 6. The van der Waals surface area contributed by atoms with Gasteiger partial charge in [0.05, 0.1) is 0 Å². The van der Waals surface area contributed by atoms with Gasteiger partial charge in [-0.1, -0.05) is 109 Å². The standard InChI is InChI=1S/C36H52O2/c1-6-9-11-12-14-16-31-21-22-33(26-35(31)38-36(37)27(4)5)32-23-24-34(29(8-3)25-32)30-19-17-28(18-20-30)15-13-10-7-2/h21-26,28,30H,4,6-20H2,1-3,5H3. The molecular weight excluding hydrogens is 464 g/mol. The topological polar surface area (TPSA) is 26.3 Å². The van der Waals surface area contributed by atoms with E-state index in [1.807, 2.05) is 0 Å². The van der Waals surface area contributed by atoms with Crippen LogP contribution in [0.3, 0.4) is 0 Å². The van der Waals surface area contributed by atoms with Crippen LogP contribution in [0.25, 0.3) is 11.1 Å². The van der Waals surface area contributed by atoms with Crippen molar-refractivity contribution in [1.82, 2.24) is 0 Å². The van der Waals surface area contributed by atoms with Crippen molar-refractivity contribution in [2.45, 2.75) is 130 Å². The van der Waals surface area contributed by atoms with Gasteiger partial charge in [-0.2, -0.15) is 0 Å². The molecule has 3 rings (SSSR count). The summed E-state index contributed by atoms with van der Waals surface area (Å²) in [5, 5.41) is 0. The van der Waals surface area contributed by atoms with Crippen LogP contribution < -0.4 is 4.74 Å². The van der Waals surface area contributed by atoms with Crippen molar-refractivity contribution < 1.29 is 9.53 Å². The lowest BCUT2D eigenvalue weighted by atomic mass is 9.75. The highest BCUT2D eigenvalue weighted by atomic mass is 16.5. The maximum absolute atomic E-state index is 12.4. The van der Waals surface area contributed by atoms with E-state index in [2.05, 4.69) is 63.7 Å². The molecule has 0 bridgehead atoms. The second kappa shape index (κ2) is 15.9. The smallest absolute Gasteiger partial charge is 0.338 e. The average molecular weight is 517 g/mol. The summed E-state index contributed by atoms with van der Waals surface area (Å²) in [6.07, 6.45) is 19.1. The SMILES string of the molecule is C=C(C)C(=O)Oc1cc(-c2ccc(C3CCC(CCCCC)CC3)c(CC)c2)ccc1CCCCCCC. The lowest BCUT2D eigenvalue weighted by Gasteiger charge is -2.30. The minimum Gasteiger partial charge on any atom is -0.423 e. The largest absolute Gasteiger partial charge is 0.423 e. The summed E-state index contributed by atoms with van der Waals surface area (Å²) in [5.74, 6) is 1.98. The molecule has 0 radical (unpaired) electrons. The second-order valence-electron chi connectivity index (χ2n) is 11.6. The lowest BCUT2D eigenvalue weighted by molar-refractivity contribution is -0.130. The van der Waals surface area contributed by atoms with E-state index in [-0.39, 0.29) is 5.97 Å². The van der Waals surface area contributed by atoms with Gasteiger partial charge >= 0.3 is 5.97 Å². The Balaban J connectivity index is 1.75. The predicted octanol–water partition coefficient (Wildman–Crippen LogP) is 10.8. The molecule has 0 N–H and O–H groups in total. The summed E-state index contributed by atoms with van der Waals surface area (Å²) in [4.78, 5) is 12.4. The minimum atomic E-state index is -0.343. The van der Waals surface area contributed by atoms with Gasteiger partial charge in [-0.3, -0.25) is 0 Å². The van der Waals surface area contributed by atoms with Gasteiger partial charge in [0.15, 0.2) is 0 Å². The van der Waals surface area contributed by atoms with E-state index in [1.54, 1.807) is 12.5 Å². The van der Waals surface area contributed by atoms with Gasteiger partial charge in [-0.05, 0) is 97.6 Å². The molecular formula is C36H52O2. The zero-order chi connectivity index (χ0) is 27.3. The summed E-state index contributed by atoms with van der Waals surface area (Å²) in [6, 6.07) is 13.5. The molecule has 2 aromatic rings. The van der Waals surface area contributed by atoms with E-state index in [0.717, 1.165) is 36.3 Å². The fourth-order valence-electron chi connectivity index (χ4n) is 6.08. The van der Waals surface area contributed by atoms with Gasteiger partial charge in [0.2, 0.25) is 0 Å². The molecule has 2 aromatic carbocycles. The Kier molecular flexibility index (Phi) is 12.6. The molecule has 0 spiro atoms. The fraction of sp³-hybridized carbons (Fsp3) is 0.583. The van der Waals surface area contributed by atoms with E-state index in [4.69, 9.17) is 4.74 Å². The van der Waals surface area contributed by atoms with Gasteiger partial charge in [-0.25, -0.2) is 4.79 Å². The van der Waals surface area contributed by atoms with E-state index in [1.165, 1.54) is 88.2 Å². The van der Waals surface area contributed by atoms with Crippen LogP contribution in [0, 0.1) is 5.92 Å². The van der Waals surface area contributed by atoms with Crippen molar-refractivity contribution in [3.8, 4) is 16.9 Å². The number of benzene rings is 2. The summed E-state index contributed by atoms with van der Waals surface area (Å²) >= 11 is 0. The number of esters is 1. The van der Waals surface area contributed by atoms with Crippen LogP contribution in [-0.2, 0) is 17.6 Å². The van der Waals surface area contributed by atoms with E-state index in [9.17, 15) is 4.79 Å². The third-order valence-corrected chi connectivity index (χ3v) is 8.53. The number of carbonyl (C=O) groups is 1. The first-order valence-corrected chi connectivity index (χ1v) is 15.6. The van der Waals surface area contributed by atoms with Crippen LogP contribution in [0.4, 0.5) is 0 Å². The lowest BCUT2D eigenvalue weighted by Crippen LogP contribution is -2.14. The molecule has 2 nitrogen and oxygen atoms in total. The van der Waals surface area contributed by atoms with Gasteiger partial charge < -0.3 is 4.74 Å². The van der Waals surface area contributed by atoms with Crippen molar-refractivity contribution in [3.05, 3.63) is 65.2 Å². The van der Waals surface area contributed by atoms with Crippen LogP contribution in [0.1, 0.15) is 134 Å². The maximum Gasteiger partial charge on any atom is 0.338 e. The quantitative estimate of drug-likeness (QED) is 0.102. The Morgan fingerprint density at radius 2 is 1.47 bits per heavy atom. The molecule has 1 aliphatic rings. The summed E-state index contributed by atoms with van der Waals surface area (Å²) in [5.41, 5.74) is 6.90. The number of hydrogen-bond acceptors (Lipinski definition) is 2. The molecule has 0 amide bonds. The van der Waals surface area contributed by atoms with Crippen LogP contribution in [0.15, 0.2) is 48.6 Å². The van der Waals surface area contributed by atoms with Gasteiger partial charge in [0, 0.05) is 5.57 Å². The summed E-state index contributed by atoms with van der Waals surface area (Å²) < 4.78 is 5.83. The van der Waals surface area contributed by atoms with Crippen molar-refractivity contribution in [3.63, 3.8) is 0 Å². The summed E-state index contributed by atoms with van der Waals surface area (Å²) in [7, 11) is 0. The van der Waals surface area contributed by atoms with Crippen molar-refractivity contribution in [2.24, 2.45) is 5.92 Å². The first-order valence-electron chi connectivity index (χ1n) is 15.6. The first-order chi connectivity index (χ1) is 18.5. The average Bonchev–Trinajstić information content (AvgIpc) is 2.93. The Bertz CT molecular complexity index is 1030. The number of aryl methyl sites for hydroxylation is 2. The van der Waals surface area contributed by atoms with Crippen molar-refractivity contribution in [1.29, 1.82) is 0 Å². The molecule has 1 aliphatic carbocycles. The van der Waals surface area contributed by atoms with E-state index in [0.29, 0.717) is 17.2 Å². The van der Waals surface area contributed by atoms with E-state index >= 15 is 0 Å². The Hall–Kier alpha value is -2.35. The highest BCUT2D eigenvalue weighted by Crippen LogP contribution is 2.40. The van der Waals surface area contributed by atoms with Crippen LogP contribution in [-0.4, -0.2) is 5.97 Å². The molecule has 0 saturated heterocycles. The molecule has 208 valence electrons. The van der Waals surface area contributed by atoms with Crippen LogP contribution in [0.5, 0.6) is 5.75 Å². The highest BCUT2D eigenvalue weighted by molar-refractivity contribution is 5.89. The fourth-order valence-corrected chi connectivity index (χ4v) is 6.08.